The second kappa shape index (κ2) is 6.85. The van der Waals surface area contributed by atoms with Gasteiger partial charge in [0.25, 0.3) is 5.91 Å². The van der Waals surface area contributed by atoms with Crippen molar-refractivity contribution >= 4 is 5.91 Å². The molecule has 0 aliphatic carbocycles. The van der Waals surface area contributed by atoms with Crippen LogP contribution in [0.3, 0.4) is 0 Å². The van der Waals surface area contributed by atoms with Crippen molar-refractivity contribution in [2.45, 2.75) is 25.8 Å². The number of hydrogen-bond acceptors (Lipinski definition) is 1. The Labute approximate surface area is 118 Å². The molecule has 0 bridgehead atoms. The van der Waals surface area contributed by atoms with Gasteiger partial charge in [0.05, 0.1) is 5.56 Å². The molecule has 0 saturated carbocycles. The molecule has 0 aliphatic rings. The first-order valence-corrected chi connectivity index (χ1v) is 6.80. The average Bonchev–Trinajstić information content (AvgIpc) is 2.48. The minimum atomic E-state index is -0.487. The number of hydrogen-bond donors (Lipinski definition) is 1. The maximum atomic E-state index is 13.6. The average molecular weight is 271 g/mol. The normalized spacial score (nSPS) is 11.9. The van der Waals surface area contributed by atoms with E-state index >= 15 is 0 Å². The quantitative estimate of drug-likeness (QED) is 0.885. The second-order valence-corrected chi connectivity index (χ2v) is 4.75. The zero-order valence-electron chi connectivity index (χ0n) is 11.5. The van der Waals surface area contributed by atoms with Crippen molar-refractivity contribution in [3.05, 3.63) is 71.5 Å². The Morgan fingerprint density at radius 2 is 1.75 bits per heavy atom. The van der Waals surface area contributed by atoms with Gasteiger partial charge < -0.3 is 5.32 Å². The van der Waals surface area contributed by atoms with E-state index in [4.69, 9.17) is 0 Å². The third-order valence-electron chi connectivity index (χ3n) is 3.27. The van der Waals surface area contributed by atoms with Crippen LogP contribution in [0.15, 0.2) is 54.6 Å². The van der Waals surface area contributed by atoms with Gasteiger partial charge in [-0.15, -0.1) is 0 Å². The largest absolute Gasteiger partial charge is 0.349 e. The number of carbonyl (C=O) groups is 1. The highest BCUT2D eigenvalue weighted by molar-refractivity contribution is 5.94. The predicted octanol–water partition coefficient (Wildman–Crippen LogP) is 3.58. The van der Waals surface area contributed by atoms with Crippen molar-refractivity contribution < 1.29 is 9.18 Å². The number of amides is 1. The minimum absolute atomic E-state index is 0.00417. The van der Waals surface area contributed by atoms with Gasteiger partial charge in [-0.05, 0) is 30.5 Å². The lowest BCUT2D eigenvalue weighted by atomic mass is 10.0. The molecule has 0 unspecified atom stereocenters. The van der Waals surface area contributed by atoms with Gasteiger partial charge in [0, 0.05) is 6.04 Å². The van der Waals surface area contributed by atoms with E-state index in [-0.39, 0.29) is 17.5 Å². The van der Waals surface area contributed by atoms with Crippen molar-refractivity contribution in [1.29, 1.82) is 0 Å². The van der Waals surface area contributed by atoms with E-state index in [0.717, 1.165) is 18.4 Å². The summed E-state index contributed by atoms with van der Waals surface area (Å²) in [5, 5.41) is 2.89. The van der Waals surface area contributed by atoms with E-state index in [1.165, 1.54) is 12.1 Å². The van der Waals surface area contributed by atoms with Crippen LogP contribution in [0.4, 0.5) is 4.39 Å². The van der Waals surface area contributed by atoms with Crippen LogP contribution in [0.1, 0.15) is 29.3 Å². The summed E-state index contributed by atoms with van der Waals surface area (Å²) in [6.45, 7) is 2.01. The molecule has 1 atom stereocenters. The van der Waals surface area contributed by atoms with Gasteiger partial charge in [0.1, 0.15) is 5.82 Å². The van der Waals surface area contributed by atoms with Gasteiger partial charge in [-0.2, -0.15) is 0 Å². The van der Waals surface area contributed by atoms with E-state index in [2.05, 4.69) is 5.32 Å². The Morgan fingerprint density at radius 1 is 1.10 bits per heavy atom. The smallest absolute Gasteiger partial charge is 0.254 e. The molecule has 0 saturated heterocycles. The summed E-state index contributed by atoms with van der Waals surface area (Å²) in [5.74, 6) is -0.842. The molecular formula is C17H18FNO. The molecule has 0 heterocycles. The fourth-order valence-corrected chi connectivity index (χ4v) is 2.10. The number of rotatable bonds is 5. The monoisotopic (exact) mass is 271 g/mol. The van der Waals surface area contributed by atoms with Crippen LogP contribution in [0.5, 0.6) is 0 Å². The molecule has 3 heteroatoms. The standard InChI is InChI=1S/C17H18FNO/c1-2-14(12-13-8-4-3-5-9-13)19-17(20)15-10-6-7-11-16(15)18/h3-11,14H,2,12H2,1H3,(H,19,20)/t14-/m0/s1. The fourth-order valence-electron chi connectivity index (χ4n) is 2.10. The van der Waals surface area contributed by atoms with Gasteiger partial charge in [-0.1, -0.05) is 49.4 Å². The number of benzene rings is 2. The molecule has 1 N–H and O–H groups in total. The molecule has 0 radical (unpaired) electrons. The van der Waals surface area contributed by atoms with E-state index in [0.29, 0.717) is 0 Å². The van der Waals surface area contributed by atoms with Gasteiger partial charge in [-0.3, -0.25) is 4.79 Å². The summed E-state index contributed by atoms with van der Waals surface area (Å²) >= 11 is 0. The van der Waals surface area contributed by atoms with Crippen LogP contribution in [0, 0.1) is 5.82 Å². The number of nitrogens with one attached hydrogen (secondary N) is 1. The van der Waals surface area contributed by atoms with Gasteiger partial charge in [0.2, 0.25) is 0 Å². The molecule has 1 amide bonds. The highest BCUT2D eigenvalue weighted by Crippen LogP contribution is 2.09. The first kappa shape index (κ1) is 14.3. The molecular weight excluding hydrogens is 253 g/mol. The molecule has 0 fully saturated rings. The second-order valence-electron chi connectivity index (χ2n) is 4.75. The SMILES string of the molecule is CC[C@@H](Cc1ccccc1)NC(=O)c1ccccc1F. The molecule has 0 spiro atoms. The third kappa shape index (κ3) is 3.67. The Kier molecular flexibility index (Phi) is 4.88. The summed E-state index contributed by atoms with van der Waals surface area (Å²) < 4.78 is 13.6. The van der Waals surface area contributed by atoms with Gasteiger partial charge in [-0.25, -0.2) is 4.39 Å². The topological polar surface area (TPSA) is 29.1 Å². The molecule has 2 aromatic rings. The summed E-state index contributed by atoms with van der Waals surface area (Å²) in [7, 11) is 0. The Morgan fingerprint density at radius 3 is 2.40 bits per heavy atom. The van der Waals surface area contributed by atoms with Crippen LogP contribution >= 0.6 is 0 Å². The van der Waals surface area contributed by atoms with Crippen LogP contribution in [0.25, 0.3) is 0 Å². The van der Waals surface area contributed by atoms with E-state index in [9.17, 15) is 9.18 Å². The summed E-state index contributed by atoms with van der Waals surface area (Å²) in [5.41, 5.74) is 1.26. The minimum Gasteiger partial charge on any atom is -0.349 e. The first-order valence-electron chi connectivity index (χ1n) is 6.80. The lowest BCUT2D eigenvalue weighted by Gasteiger charge is -2.17. The van der Waals surface area contributed by atoms with E-state index < -0.39 is 5.82 Å². The molecule has 104 valence electrons. The number of carbonyl (C=O) groups excluding carboxylic acids is 1. The molecule has 0 aliphatic heterocycles. The summed E-state index contributed by atoms with van der Waals surface area (Å²) in [6, 6.07) is 16.0. The van der Waals surface area contributed by atoms with E-state index in [1.807, 2.05) is 37.3 Å². The molecule has 20 heavy (non-hydrogen) atoms. The van der Waals surface area contributed by atoms with Gasteiger partial charge in [0.15, 0.2) is 0 Å². The lowest BCUT2D eigenvalue weighted by molar-refractivity contribution is 0.0931. The molecule has 2 rings (SSSR count). The Hall–Kier alpha value is -2.16. The van der Waals surface area contributed by atoms with E-state index in [1.54, 1.807) is 12.1 Å². The van der Waals surface area contributed by atoms with Crippen LogP contribution in [-0.2, 0) is 6.42 Å². The predicted molar refractivity (Wildman–Crippen MR) is 78.1 cm³/mol. The fraction of sp³-hybridized carbons (Fsp3) is 0.235. The highest BCUT2D eigenvalue weighted by atomic mass is 19.1. The summed E-state index contributed by atoms with van der Waals surface area (Å²) in [4.78, 5) is 12.1. The Balaban J connectivity index is 2.03. The van der Waals surface area contributed by atoms with Crippen molar-refractivity contribution in [2.24, 2.45) is 0 Å². The maximum Gasteiger partial charge on any atom is 0.254 e. The van der Waals surface area contributed by atoms with Crippen molar-refractivity contribution in [3.8, 4) is 0 Å². The zero-order chi connectivity index (χ0) is 14.4. The van der Waals surface area contributed by atoms with Crippen LogP contribution in [0.2, 0.25) is 0 Å². The number of halogens is 1. The summed E-state index contributed by atoms with van der Waals surface area (Å²) in [6.07, 6.45) is 1.55. The molecule has 2 aromatic carbocycles. The zero-order valence-corrected chi connectivity index (χ0v) is 11.5. The third-order valence-corrected chi connectivity index (χ3v) is 3.27. The molecule has 0 aromatic heterocycles. The lowest BCUT2D eigenvalue weighted by Crippen LogP contribution is -2.36. The first-order chi connectivity index (χ1) is 9.70. The van der Waals surface area contributed by atoms with Crippen LogP contribution < -0.4 is 5.32 Å². The van der Waals surface area contributed by atoms with Crippen molar-refractivity contribution in [2.75, 3.05) is 0 Å². The van der Waals surface area contributed by atoms with Crippen LogP contribution in [-0.4, -0.2) is 11.9 Å². The van der Waals surface area contributed by atoms with Gasteiger partial charge >= 0.3 is 0 Å². The molecule has 2 nitrogen and oxygen atoms in total. The van der Waals surface area contributed by atoms with Crippen molar-refractivity contribution in [1.82, 2.24) is 5.32 Å². The highest BCUT2D eigenvalue weighted by Gasteiger charge is 2.15. The van der Waals surface area contributed by atoms with Crippen molar-refractivity contribution in [3.63, 3.8) is 0 Å². The Bertz CT molecular complexity index is 568. The maximum absolute atomic E-state index is 13.6.